The van der Waals surface area contributed by atoms with Gasteiger partial charge >= 0.3 is 0 Å². The van der Waals surface area contributed by atoms with Gasteiger partial charge in [0.05, 0.1) is 13.2 Å². The van der Waals surface area contributed by atoms with Crippen molar-refractivity contribution in [1.82, 2.24) is 4.90 Å². The number of rotatable bonds is 6. The van der Waals surface area contributed by atoms with Crippen LogP contribution in [0, 0.1) is 11.8 Å². The minimum atomic E-state index is -0.868. The second-order valence-electron chi connectivity index (χ2n) is 8.95. The van der Waals surface area contributed by atoms with E-state index in [4.69, 9.17) is 4.74 Å². The molecule has 4 aromatic rings. The van der Waals surface area contributed by atoms with Crippen molar-refractivity contribution in [2.45, 2.75) is 5.54 Å². The molecule has 1 aliphatic heterocycles. The SMILES string of the molecule is O=C(C=C(c1ccccc1)C(C#Cc1ccccc1)(c1ccccc1)N1CCOCC1)c1ccccc1. The van der Waals surface area contributed by atoms with Crippen LogP contribution in [0.5, 0.6) is 0 Å². The highest BCUT2D eigenvalue weighted by Crippen LogP contribution is 2.42. The Morgan fingerprint density at radius 2 is 1.22 bits per heavy atom. The molecule has 0 N–H and O–H groups in total. The predicted octanol–water partition coefficient (Wildman–Crippen LogP) is 6.23. The summed E-state index contributed by atoms with van der Waals surface area (Å²) in [5.74, 6) is 7.10. The van der Waals surface area contributed by atoms with E-state index in [1.807, 2.05) is 97.1 Å². The fraction of sp³-hybridized carbons (Fsp3) is 0.147. The van der Waals surface area contributed by atoms with Crippen LogP contribution in [0.3, 0.4) is 0 Å². The van der Waals surface area contributed by atoms with Gasteiger partial charge in [0.25, 0.3) is 0 Å². The summed E-state index contributed by atoms with van der Waals surface area (Å²) in [4.78, 5) is 16.1. The molecule has 3 nitrogen and oxygen atoms in total. The molecule has 0 aromatic heterocycles. The zero-order valence-electron chi connectivity index (χ0n) is 20.7. The standard InChI is InChI=1S/C34H29NO2/c36-33(30-17-9-3-10-18-30)27-32(29-15-7-2-8-16-29)34(31-19-11-4-12-20-31,35-23-25-37-26-24-35)22-21-28-13-5-1-6-14-28/h1-20,27H,23-26H2. The first-order valence-electron chi connectivity index (χ1n) is 12.6. The molecular formula is C34H29NO2. The fourth-order valence-electron chi connectivity index (χ4n) is 4.82. The molecule has 0 spiro atoms. The van der Waals surface area contributed by atoms with Gasteiger partial charge in [-0.05, 0) is 29.3 Å². The number of benzene rings is 4. The van der Waals surface area contributed by atoms with Crippen molar-refractivity contribution in [2.75, 3.05) is 26.3 Å². The number of hydrogen-bond donors (Lipinski definition) is 0. The lowest BCUT2D eigenvalue weighted by molar-refractivity contribution is 0.0116. The molecule has 1 atom stereocenters. The molecule has 0 bridgehead atoms. The number of morpholine rings is 1. The Bertz CT molecular complexity index is 1400. The Morgan fingerprint density at radius 1 is 0.703 bits per heavy atom. The maximum Gasteiger partial charge on any atom is 0.186 e. The van der Waals surface area contributed by atoms with E-state index in [1.165, 1.54) is 0 Å². The van der Waals surface area contributed by atoms with Crippen molar-refractivity contribution in [2.24, 2.45) is 0 Å². The molecule has 37 heavy (non-hydrogen) atoms. The Morgan fingerprint density at radius 3 is 1.81 bits per heavy atom. The number of hydrogen-bond acceptors (Lipinski definition) is 3. The molecule has 0 saturated carbocycles. The van der Waals surface area contributed by atoms with Gasteiger partial charge < -0.3 is 4.74 Å². The third kappa shape index (κ3) is 5.47. The van der Waals surface area contributed by atoms with Crippen molar-refractivity contribution in [3.8, 4) is 11.8 Å². The Kier molecular flexibility index (Phi) is 7.72. The molecule has 0 radical (unpaired) electrons. The van der Waals surface area contributed by atoms with E-state index in [1.54, 1.807) is 6.08 Å². The monoisotopic (exact) mass is 483 g/mol. The van der Waals surface area contributed by atoms with Crippen LogP contribution in [0.4, 0.5) is 0 Å². The second-order valence-corrected chi connectivity index (χ2v) is 8.95. The number of carbonyl (C=O) groups excluding carboxylic acids is 1. The Labute approximate surface area is 219 Å². The summed E-state index contributed by atoms with van der Waals surface area (Å²) in [5.41, 5.74) is 3.56. The van der Waals surface area contributed by atoms with Crippen molar-refractivity contribution in [3.05, 3.63) is 150 Å². The van der Waals surface area contributed by atoms with Crippen LogP contribution >= 0.6 is 0 Å². The van der Waals surface area contributed by atoms with Gasteiger partial charge in [0.1, 0.15) is 5.54 Å². The Hall–Kier alpha value is -4.23. The first-order valence-corrected chi connectivity index (χ1v) is 12.6. The van der Waals surface area contributed by atoms with Crippen LogP contribution < -0.4 is 0 Å². The van der Waals surface area contributed by atoms with Crippen LogP contribution in [0.1, 0.15) is 27.0 Å². The van der Waals surface area contributed by atoms with E-state index in [-0.39, 0.29) is 5.78 Å². The maximum atomic E-state index is 13.7. The van der Waals surface area contributed by atoms with E-state index in [2.05, 4.69) is 41.0 Å². The van der Waals surface area contributed by atoms with Gasteiger partial charge in [0, 0.05) is 29.8 Å². The van der Waals surface area contributed by atoms with E-state index in [0.29, 0.717) is 31.9 Å². The third-order valence-corrected chi connectivity index (χ3v) is 6.65. The summed E-state index contributed by atoms with van der Waals surface area (Å²) in [6.45, 7) is 2.61. The average Bonchev–Trinajstić information content (AvgIpc) is 2.99. The minimum Gasteiger partial charge on any atom is -0.379 e. The topological polar surface area (TPSA) is 29.5 Å². The van der Waals surface area contributed by atoms with Crippen LogP contribution in [0.25, 0.3) is 5.57 Å². The molecule has 4 aromatic carbocycles. The van der Waals surface area contributed by atoms with E-state index in [0.717, 1.165) is 22.3 Å². The summed E-state index contributed by atoms with van der Waals surface area (Å²) < 4.78 is 5.75. The molecule has 1 unspecified atom stereocenters. The summed E-state index contributed by atoms with van der Waals surface area (Å²) in [7, 11) is 0. The van der Waals surface area contributed by atoms with Crippen molar-refractivity contribution < 1.29 is 9.53 Å². The highest BCUT2D eigenvalue weighted by atomic mass is 16.5. The first kappa shape index (κ1) is 24.5. The van der Waals surface area contributed by atoms with Crippen LogP contribution in [-0.4, -0.2) is 37.0 Å². The van der Waals surface area contributed by atoms with Gasteiger partial charge in [-0.3, -0.25) is 9.69 Å². The van der Waals surface area contributed by atoms with Gasteiger partial charge in [0.15, 0.2) is 5.78 Å². The van der Waals surface area contributed by atoms with E-state index < -0.39 is 5.54 Å². The summed E-state index contributed by atoms with van der Waals surface area (Å²) >= 11 is 0. The van der Waals surface area contributed by atoms with E-state index in [9.17, 15) is 4.79 Å². The molecule has 5 rings (SSSR count). The van der Waals surface area contributed by atoms with Gasteiger partial charge in [0.2, 0.25) is 0 Å². The number of allylic oxidation sites excluding steroid dienone is 1. The number of carbonyl (C=O) groups is 1. The van der Waals surface area contributed by atoms with Crippen LogP contribution in [0.2, 0.25) is 0 Å². The fourth-order valence-corrected chi connectivity index (χ4v) is 4.82. The molecule has 182 valence electrons. The van der Waals surface area contributed by atoms with Crippen molar-refractivity contribution in [3.63, 3.8) is 0 Å². The van der Waals surface area contributed by atoms with E-state index >= 15 is 0 Å². The molecule has 0 aliphatic carbocycles. The first-order chi connectivity index (χ1) is 18.3. The largest absolute Gasteiger partial charge is 0.379 e. The van der Waals surface area contributed by atoms with Crippen molar-refractivity contribution >= 4 is 11.4 Å². The van der Waals surface area contributed by atoms with Gasteiger partial charge in [-0.15, -0.1) is 0 Å². The summed E-state index contributed by atoms with van der Waals surface area (Å²) in [5, 5.41) is 0. The Balaban J connectivity index is 1.81. The molecule has 1 heterocycles. The van der Waals surface area contributed by atoms with Crippen LogP contribution in [-0.2, 0) is 10.3 Å². The zero-order valence-corrected chi connectivity index (χ0v) is 20.7. The lowest BCUT2D eigenvalue weighted by Gasteiger charge is -2.44. The molecule has 1 saturated heterocycles. The van der Waals surface area contributed by atoms with Gasteiger partial charge in [-0.1, -0.05) is 121 Å². The smallest absolute Gasteiger partial charge is 0.186 e. The molecule has 1 aliphatic rings. The van der Waals surface area contributed by atoms with Gasteiger partial charge in [-0.2, -0.15) is 0 Å². The lowest BCUT2D eigenvalue weighted by atomic mass is 9.76. The highest BCUT2D eigenvalue weighted by molar-refractivity contribution is 6.09. The van der Waals surface area contributed by atoms with Crippen molar-refractivity contribution in [1.29, 1.82) is 0 Å². The number of ether oxygens (including phenoxy) is 1. The molecule has 1 fully saturated rings. The average molecular weight is 484 g/mol. The minimum absolute atomic E-state index is 0.0467. The lowest BCUT2D eigenvalue weighted by Crippen LogP contribution is -2.51. The van der Waals surface area contributed by atoms with Crippen LogP contribution in [0.15, 0.2) is 127 Å². The normalized spacial score (nSPS) is 15.7. The summed E-state index contributed by atoms with van der Waals surface area (Å²) in [6.07, 6.45) is 1.78. The third-order valence-electron chi connectivity index (χ3n) is 6.65. The zero-order chi connectivity index (χ0) is 25.3. The summed E-state index contributed by atoms with van der Waals surface area (Å²) in [6, 6.07) is 39.9. The number of ketones is 1. The predicted molar refractivity (Wildman–Crippen MR) is 149 cm³/mol. The molecule has 3 heteroatoms. The second kappa shape index (κ2) is 11.7. The van der Waals surface area contributed by atoms with Gasteiger partial charge in [-0.25, -0.2) is 0 Å². The highest BCUT2D eigenvalue weighted by Gasteiger charge is 2.42. The molecular weight excluding hydrogens is 454 g/mol. The number of nitrogens with zero attached hydrogens (tertiary/aromatic N) is 1. The maximum absolute atomic E-state index is 13.7. The molecule has 0 amide bonds. The quantitative estimate of drug-likeness (QED) is 0.185.